The summed E-state index contributed by atoms with van der Waals surface area (Å²) in [4.78, 5) is 14.0. The summed E-state index contributed by atoms with van der Waals surface area (Å²) >= 11 is 5.85. The van der Waals surface area contributed by atoms with Crippen LogP contribution >= 0.6 is 11.6 Å². The quantitative estimate of drug-likeness (QED) is 0.928. The minimum absolute atomic E-state index is 0.136. The molecule has 2 rings (SSSR count). The molecule has 0 atom stereocenters. The second kappa shape index (κ2) is 6.17. The summed E-state index contributed by atoms with van der Waals surface area (Å²) in [5.74, 6) is 0.884. The SMILES string of the molecule is CN(C)c1nc(Cl)nc(NCc2cccc(C#N)c2)n1. The third-order valence-corrected chi connectivity index (χ3v) is 2.67. The van der Waals surface area contributed by atoms with Crippen LogP contribution in [0.5, 0.6) is 0 Å². The molecule has 0 aliphatic carbocycles. The standard InChI is InChI=1S/C13H13ClN6/c1-20(2)13-18-11(14)17-12(19-13)16-8-10-5-3-4-9(6-10)7-15/h3-6H,8H2,1-2H3,(H,16,17,18,19). The predicted octanol–water partition coefficient (Wildman–Crippen LogP) is 2.07. The van der Waals surface area contributed by atoms with Crippen molar-refractivity contribution in [3.63, 3.8) is 0 Å². The minimum atomic E-state index is 0.136. The van der Waals surface area contributed by atoms with Crippen LogP contribution in [0.4, 0.5) is 11.9 Å². The monoisotopic (exact) mass is 288 g/mol. The number of nitriles is 1. The van der Waals surface area contributed by atoms with Crippen molar-refractivity contribution in [3.05, 3.63) is 40.7 Å². The molecule has 0 aliphatic heterocycles. The summed E-state index contributed by atoms with van der Waals surface area (Å²) in [5, 5.41) is 12.1. The molecule has 0 spiro atoms. The van der Waals surface area contributed by atoms with Crippen LogP contribution in [0.1, 0.15) is 11.1 Å². The molecule has 20 heavy (non-hydrogen) atoms. The Kier molecular flexibility index (Phi) is 4.33. The number of rotatable bonds is 4. The molecule has 0 bridgehead atoms. The van der Waals surface area contributed by atoms with Crippen LogP contribution in [0, 0.1) is 11.3 Å². The average Bonchev–Trinajstić information content (AvgIpc) is 2.44. The summed E-state index contributed by atoms with van der Waals surface area (Å²) in [5.41, 5.74) is 1.58. The van der Waals surface area contributed by atoms with Crippen molar-refractivity contribution in [2.24, 2.45) is 0 Å². The Morgan fingerprint density at radius 3 is 2.80 bits per heavy atom. The molecule has 1 heterocycles. The lowest BCUT2D eigenvalue weighted by molar-refractivity contribution is 0.942. The Hall–Kier alpha value is -2.39. The van der Waals surface area contributed by atoms with Crippen LogP contribution in [-0.2, 0) is 6.54 Å². The van der Waals surface area contributed by atoms with Crippen molar-refractivity contribution in [2.75, 3.05) is 24.3 Å². The first kappa shape index (κ1) is 14.0. The Morgan fingerprint density at radius 1 is 1.30 bits per heavy atom. The van der Waals surface area contributed by atoms with E-state index in [9.17, 15) is 0 Å². The van der Waals surface area contributed by atoms with Gasteiger partial charge in [-0.25, -0.2) is 0 Å². The summed E-state index contributed by atoms with van der Waals surface area (Å²) < 4.78 is 0. The molecule has 6 nitrogen and oxygen atoms in total. The lowest BCUT2D eigenvalue weighted by Gasteiger charge is -2.11. The molecule has 0 saturated carbocycles. The van der Waals surface area contributed by atoms with E-state index < -0.39 is 0 Å². The van der Waals surface area contributed by atoms with E-state index in [2.05, 4.69) is 26.3 Å². The number of hydrogen-bond acceptors (Lipinski definition) is 6. The van der Waals surface area contributed by atoms with Gasteiger partial charge in [0.05, 0.1) is 11.6 Å². The van der Waals surface area contributed by atoms with Crippen LogP contribution in [0.25, 0.3) is 0 Å². The highest BCUT2D eigenvalue weighted by molar-refractivity contribution is 6.28. The van der Waals surface area contributed by atoms with Gasteiger partial charge in [-0.1, -0.05) is 12.1 Å². The molecular formula is C13H13ClN6. The van der Waals surface area contributed by atoms with Gasteiger partial charge in [-0.2, -0.15) is 20.2 Å². The van der Waals surface area contributed by atoms with E-state index in [0.29, 0.717) is 24.0 Å². The first-order valence-corrected chi connectivity index (χ1v) is 6.28. The zero-order valence-corrected chi connectivity index (χ0v) is 11.9. The van der Waals surface area contributed by atoms with E-state index in [0.717, 1.165) is 5.56 Å². The first-order chi connectivity index (χ1) is 9.58. The van der Waals surface area contributed by atoms with Gasteiger partial charge in [0.2, 0.25) is 17.2 Å². The lowest BCUT2D eigenvalue weighted by Crippen LogP contribution is -2.15. The Balaban J connectivity index is 2.12. The van der Waals surface area contributed by atoms with Crippen LogP contribution < -0.4 is 10.2 Å². The molecule has 0 radical (unpaired) electrons. The zero-order chi connectivity index (χ0) is 14.5. The van der Waals surface area contributed by atoms with Gasteiger partial charge in [-0.3, -0.25) is 0 Å². The van der Waals surface area contributed by atoms with Crippen molar-refractivity contribution in [1.29, 1.82) is 5.26 Å². The fourth-order valence-electron chi connectivity index (χ4n) is 1.55. The molecule has 1 aromatic carbocycles. The first-order valence-electron chi connectivity index (χ1n) is 5.90. The number of benzene rings is 1. The maximum absolute atomic E-state index is 8.85. The van der Waals surface area contributed by atoms with Gasteiger partial charge in [0.15, 0.2) is 0 Å². The highest BCUT2D eigenvalue weighted by Crippen LogP contribution is 2.13. The summed E-state index contributed by atoms with van der Waals surface area (Å²) in [6.07, 6.45) is 0. The fourth-order valence-corrected chi connectivity index (χ4v) is 1.71. The molecule has 1 N–H and O–H groups in total. The number of halogens is 1. The maximum atomic E-state index is 8.85. The Morgan fingerprint density at radius 2 is 2.10 bits per heavy atom. The fraction of sp³-hybridized carbons (Fsp3) is 0.231. The number of anilines is 2. The van der Waals surface area contributed by atoms with E-state index in [-0.39, 0.29) is 5.28 Å². The summed E-state index contributed by atoms with van der Waals surface area (Å²) in [7, 11) is 3.65. The van der Waals surface area contributed by atoms with Gasteiger partial charge >= 0.3 is 0 Å². The molecule has 0 fully saturated rings. The number of nitrogens with zero attached hydrogens (tertiary/aromatic N) is 5. The van der Waals surface area contributed by atoms with Crippen molar-refractivity contribution < 1.29 is 0 Å². The largest absolute Gasteiger partial charge is 0.350 e. The molecule has 2 aromatic rings. The molecule has 0 saturated heterocycles. The van der Waals surface area contributed by atoms with Gasteiger partial charge in [0.25, 0.3) is 0 Å². The van der Waals surface area contributed by atoms with Crippen molar-refractivity contribution in [2.45, 2.75) is 6.54 Å². The molecular weight excluding hydrogens is 276 g/mol. The highest BCUT2D eigenvalue weighted by Gasteiger charge is 2.06. The van der Waals surface area contributed by atoms with Crippen LogP contribution in [-0.4, -0.2) is 29.0 Å². The molecule has 0 aliphatic rings. The molecule has 0 unspecified atom stereocenters. The average molecular weight is 289 g/mol. The summed E-state index contributed by atoms with van der Waals surface area (Å²) in [6.45, 7) is 0.503. The normalized spacial score (nSPS) is 9.90. The number of hydrogen-bond donors (Lipinski definition) is 1. The van der Waals surface area contributed by atoms with Gasteiger partial charge in [-0.05, 0) is 29.3 Å². The van der Waals surface area contributed by atoms with E-state index >= 15 is 0 Å². The van der Waals surface area contributed by atoms with Crippen LogP contribution in [0.3, 0.4) is 0 Å². The summed E-state index contributed by atoms with van der Waals surface area (Å²) in [6, 6.07) is 9.42. The van der Waals surface area contributed by atoms with E-state index in [4.69, 9.17) is 16.9 Å². The van der Waals surface area contributed by atoms with E-state index in [1.165, 1.54) is 0 Å². The Bertz CT molecular complexity index is 650. The number of aromatic nitrogens is 3. The molecule has 102 valence electrons. The second-order valence-electron chi connectivity index (χ2n) is 4.29. The smallest absolute Gasteiger partial charge is 0.230 e. The zero-order valence-electron chi connectivity index (χ0n) is 11.1. The van der Waals surface area contributed by atoms with Gasteiger partial charge < -0.3 is 10.2 Å². The third kappa shape index (κ3) is 3.56. The van der Waals surface area contributed by atoms with Crippen LogP contribution in [0.15, 0.2) is 24.3 Å². The number of nitrogens with one attached hydrogen (secondary N) is 1. The highest BCUT2D eigenvalue weighted by atomic mass is 35.5. The minimum Gasteiger partial charge on any atom is -0.350 e. The topological polar surface area (TPSA) is 77.7 Å². The molecule has 0 amide bonds. The van der Waals surface area contributed by atoms with Gasteiger partial charge in [0.1, 0.15) is 0 Å². The second-order valence-corrected chi connectivity index (χ2v) is 4.63. The van der Waals surface area contributed by atoms with E-state index in [1.807, 2.05) is 32.3 Å². The lowest BCUT2D eigenvalue weighted by atomic mass is 10.1. The Labute approximate surface area is 122 Å². The molecule has 1 aromatic heterocycles. The maximum Gasteiger partial charge on any atom is 0.230 e. The van der Waals surface area contributed by atoms with E-state index in [1.54, 1.807) is 11.0 Å². The predicted molar refractivity (Wildman–Crippen MR) is 77.6 cm³/mol. The van der Waals surface area contributed by atoms with Crippen molar-refractivity contribution in [1.82, 2.24) is 15.0 Å². The van der Waals surface area contributed by atoms with Gasteiger partial charge in [-0.15, -0.1) is 0 Å². The van der Waals surface area contributed by atoms with Gasteiger partial charge in [0, 0.05) is 20.6 Å². The molecule has 7 heteroatoms. The van der Waals surface area contributed by atoms with Crippen LogP contribution in [0.2, 0.25) is 5.28 Å². The van der Waals surface area contributed by atoms with Crippen molar-refractivity contribution in [3.8, 4) is 6.07 Å². The van der Waals surface area contributed by atoms with Crippen molar-refractivity contribution >= 4 is 23.5 Å². The third-order valence-electron chi connectivity index (χ3n) is 2.50.